The van der Waals surface area contributed by atoms with Gasteiger partial charge in [-0.2, -0.15) is 0 Å². The van der Waals surface area contributed by atoms with E-state index in [4.69, 9.17) is 4.74 Å². The van der Waals surface area contributed by atoms with E-state index in [-0.39, 0.29) is 5.97 Å². The second kappa shape index (κ2) is 4.84. The van der Waals surface area contributed by atoms with E-state index in [1.54, 1.807) is 0 Å². The van der Waals surface area contributed by atoms with Crippen LogP contribution in [0.3, 0.4) is 0 Å². The maximum Gasteiger partial charge on any atom is 0.338 e. The van der Waals surface area contributed by atoms with Gasteiger partial charge in [0, 0.05) is 29.8 Å². The van der Waals surface area contributed by atoms with Crippen LogP contribution in [0.5, 0.6) is 0 Å². The fourth-order valence-electron chi connectivity index (χ4n) is 4.05. The van der Waals surface area contributed by atoms with Gasteiger partial charge in [-0.3, -0.25) is 0 Å². The molecule has 2 aliphatic rings. The van der Waals surface area contributed by atoms with Crippen LogP contribution in [0.15, 0.2) is 48.5 Å². The number of carbonyl (C=O) groups excluding carboxylic acids is 1. The summed E-state index contributed by atoms with van der Waals surface area (Å²) >= 11 is 0. The number of fused-ring (bicyclic) bond motifs is 2. The zero-order valence-electron chi connectivity index (χ0n) is 13.5. The van der Waals surface area contributed by atoms with Gasteiger partial charge in [0.25, 0.3) is 0 Å². The van der Waals surface area contributed by atoms with Crippen molar-refractivity contribution in [2.24, 2.45) is 0 Å². The molecule has 0 N–H and O–H groups in total. The summed E-state index contributed by atoms with van der Waals surface area (Å²) in [4.78, 5) is 12.3. The van der Waals surface area contributed by atoms with Crippen LogP contribution in [0, 0.1) is 0 Å². The standard InChI is InChI=1S/C21H17NO2/c1-2-24-21(23)15-9-14-11-17-8-7-16-10-13-5-3-4-6-18(13)19(12-15)20(14)22(16)17/h3-9,12H,2,10-11H2,1H3. The Balaban J connectivity index is 1.83. The zero-order chi connectivity index (χ0) is 16.3. The maximum atomic E-state index is 12.3. The van der Waals surface area contributed by atoms with Crippen LogP contribution in [-0.2, 0) is 17.6 Å². The molecular weight excluding hydrogens is 298 g/mol. The van der Waals surface area contributed by atoms with Gasteiger partial charge in [0.05, 0.1) is 17.9 Å². The third-order valence-corrected chi connectivity index (χ3v) is 5.02. The minimum absolute atomic E-state index is 0.241. The van der Waals surface area contributed by atoms with E-state index < -0.39 is 0 Å². The topological polar surface area (TPSA) is 31.2 Å². The molecule has 24 heavy (non-hydrogen) atoms. The van der Waals surface area contributed by atoms with Gasteiger partial charge in [-0.1, -0.05) is 24.3 Å². The van der Waals surface area contributed by atoms with E-state index in [1.807, 2.05) is 19.1 Å². The Bertz CT molecular complexity index is 997. The lowest BCUT2D eigenvalue weighted by molar-refractivity contribution is 0.0526. The van der Waals surface area contributed by atoms with E-state index >= 15 is 0 Å². The third kappa shape index (κ3) is 1.75. The summed E-state index contributed by atoms with van der Waals surface area (Å²) in [5, 5.41) is 0. The fraction of sp³-hybridized carbons (Fsp3) is 0.190. The quantitative estimate of drug-likeness (QED) is 0.459. The second-order valence-electron chi connectivity index (χ2n) is 6.41. The number of rotatable bonds is 2. The van der Waals surface area contributed by atoms with Crippen LogP contribution >= 0.6 is 0 Å². The molecule has 118 valence electrons. The van der Waals surface area contributed by atoms with Crippen LogP contribution < -0.4 is 0 Å². The van der Waals surface area contributed by atoms with E-state index in [0.29, 0.717) is 12.2 Å². The minimum Gasteiger partial charge on any atom is -0.462 e. The summed E-state index contributed by atoms with van der Waals surface area (Å²) in [5.74, 6) is -0.241. The van der Waals surface area contributed by atoms with Crippen LogP contribution in [0.4, 0.5) is 0 Å². The molecule has 1 aromatic heterocycles. The number of esters is 1. The molecule has 0 aliphatic carbocycles. The van der Waals surface area contributed by atoms with Crippen molar-refractivity contribution < 1.29 is 9.53 Å². The van der Waals surface area contributed by atoms with Crippen molar-refractivity contribution in [3.63, 3.8) is 0 Å². The van der Waals surface area contributed by atoms with Crippen molar-refractivity contribution in [1.82, 2.24) is 4.57 Å². The highest BCUT2D eigenvalue weighted by Gasteiger charge is 2.29. The molecule has 0 unspecified atom stereocenters. The van der Waals surface area contributed by atoms with E-state index in [9.17, 15) is 4.79 Å². The monoisotopic (exact) mass is 315 g/mol. The largest absolute Gasteiger partial charge is 0.462 e. The van der Waals surface area contributed by atoms with Gasteiger partial charge in [0.1, 0.15) is 0 Å². The summed E-state index contributed by atoms with van der Waals surface area (Å²) in [6.07, 6.45) is 1.79. The smallest absolute Gasteiger partial charge is 0.338 e. The van der Waals surface area contributed by atoms with Crippen molar-refractivity contribution in [2.75, 3.05) is 6.61 Å². The highest BCUT2D eigenvalue weighted by molar-refractivity contribution is 5.94. The number of ether oxygens (including phenoxy) is 1. The number of aromatic nitrogens is 1. The Labute approximate surface area is 140 Å². The Hall–Kier alpha value is -2.81. The lowest BCUT2D eigenvalue weighted by atomic mass is 9.93. The van der Waals surface area contributed by atoms with Crippen molar-refractivity contribution in [3.05, 3.63) is 76.6 Å². The first-order chi connectivity index (χ1) is 11.8. The number of hydrogen-bond donors (Lipinski definition) is 0. The van der Waals surface area contributed by atoms with Gasteiger partial charge in [0.15, 0.2) is 0 Å². The molecule has 0 bridgehead atoms. The van der Waals surface area contributed by atoms with Crippen molar-refractivity contribution in [3.8, 4) is 16.8 Å². The molecule has 3 nitrogen and oxygen atoms in total. The van der Waals surface area contributed by atoms with Crippen molar-refractivity contribution in [1.29, 1.82) is 0 Å². The normalized spacial score (nSPS) is 13.2. The first-order valence-electron chi connectivity index (χ1n) is 8.38. The molecule has 0 amide bonds. The Kier molecular flexibility index (Phi) is 2.75. The van der Waals surface area contributed by atoms with E-state index in [1.165, 1.54) is 33.8 Å². The third-order valence-electron chi connectivity index (χ3n) is 5.02. The molecule has 0 saturated carbocycles. The maximum absolute atomic E-state index is 12.3. The summed E-state index contributed by atoms with van der Waals surface area (Å²) in [5.41, 5.74) is 9.38. The highest BCUT2D eigenvalue weighted by atomic mass is 16.5. The van der Waals surface area contributed by atoms with Gasteiger partial charge in [0.2, 0.25) is 0 Å². The van der Waals surface area contributed by atoms with Crippen LogP contribution in [-0.4, -0.2) is 17.1 Å². The Morgan fingerprint density at radius 3 is 2.54 bits per heavy atom. The van der Waals surface area contributed by atoms with Crippen molar-refractivity contribution >= 4 is 5.97 Å². The molecule has 2 aliphatic heterocycles. The number of benzene rings is 2. The number of hydrogen-bond acceptors (Lipinski definition) is 2. The van der Waals surface area contributed by atoms with E-state index in [2.05, 4.69) is 41.0 Å². The van der Waals surface area contributed by atoms with E-state index in [0.717, 1.165) is 18.4 Å². The summed E-state index contributed by atoms with van der Waals surface area (Å²) < 4.78 is 7.61. The summed E-state index contributed by atoms with van der Waals surface area (Å²) in [6.45, 7) is 2.24. The molecule has 0 fully saturated rings. The van der Waals surface area contributed by atoms with Gasteiger partial charge < -0.3 is 9.30 Å². The number of carbonyl (C=O) groups is 1. The van der Waals surface area contributed by atoms with Gasteiger partial charge in [-0.25, -0.2) is 4.79 Å². The fourth-order valence-corrected chi connectivity index (χ4v) is 4.05. The van der Waals surface area contributed by atoms with Gasteiger partial charge in [-0.05, 0) is 47.9 Å². The van der Waals surface area contributed by atoms with Crippen LogP contribution in [0.2, 0.25) is 0 Å². The predicted octanol–water partition coefficient (Wildman–Crippen LogP) is 4.13. The molecule has 2 aromatic carbocycles. The number of nitrogens with zero attached hydrogens (tertiary/aromatic N) is 1. The minimum atomic E-state index is -0.241. The van der Waals surface area contributed by atoms with Crippen molar-refractivity contribution in [2.45, 2.75) is 19.8 Å². The SMILES string of the molecule is CCOC(=O)c1cc2c3c(c1)-c1ccccc1Cc1ccc(n1-3)C2. The first kappa shape index (κ1) is 13.6. The zero-order valence-corrected chi connectivity index (χ0v) is 13.5. The van der Waals surface area contributed by atoms with Gasteiger partial charge >= 0.3 is 5.97 Å². The molecule has 0 radical (unpaired) electrons. The highest BCUT2D eigenvalue weighted by Crippen LogP contribution is 2.43. The lowest BCUT2D eigenvalue weighted by Gasteiger charge is -2.13. The molecule has 3 heteroatoms. The summed E-state index contributed by atoms with van der Waals surface area (Å²) in [7, 11) is 0. The van der Waals surface area contributed by atoms with Crippen LogP contribution in [0.25, 0.3) is 16.8 Å². The molecule has 0 spiro atoms. The predicted molar refractivity (Wildman–Crippen MR) is 92.8 cm³/mol. The molecule has 0 atom stereocenters. The Morgan fingerprint density at radius 2 is 1.75 bits per heavy atom. The molecule has 0 saturated heterocycles. The second-order valence-corrected chi connectivity index (χ2v) is 6.41. The lowest BCUT2D eigenvalue weighted by Crippen LogP contribution is -2.06. The first-order valence-corrected chi connectivity index (χ1v) is 8.38. The molecular formula is C21H17NO2. The summed E-state index contributed by atoms with van der Waals surface area (Å²) in [6, 6.07) is 16.9. The average Bonchev–Trinajstić information content (AvgIpc) is 3.10. The molecule has 5 rings (SSSR count). The molecule has 3 aromatic rings. The Morgan fingerprint density at radius 1 is 1.00 bits per heavy atom. The van der Waals surface area contributed by atoms with Gasteiger partial charge in [-0.15, -0.1) is 0 Å². The molecule has 3 heterocycles. The average molecular weight is 315 g/mol. The van der Waals surface area contributed by atoms with Crippen LogP contribution in [0.1, 0.15) is 39.8 Å².